The first-order valence-electron chi connectivity index (χ1n) is 6.94. The Labute approximate surface area is 109 Å². The van der Waals surface area contributed by atoms with E-state index in [1.165, 1.54) is 19.3 Å². The Balaban J connectivity index is -0.000000177. The molecule has 106 valence electrons. The number of rotatable bonds is 7. The summed E-state index contributed by atoms with van der Waals surface area (Å²) in [6.07, 6.45) is 7.03. The number of carbonyl (C=O) groups is 1. The molecule has 0 unspecified atom stereocenters. The van der Waals surface area contributed by atoms with Gasteiger partial charge in [-0.2, -0.15) is 0 Å². The van der Waals surface area contributed by atoms with Crippen molar-refractivity contribution < 1.29 is 4.79 Å². The summed E-state index contributed by atoms with van der Waals surface area (Å²) in [5.41, 5.74) is 0. The number of hydrogen-bond donors (Lipinski definition) is 2. The summed E-state index contributed by atoms with van der Waals surface area (Å²) in [4.78, 5) is 9.57. The van der Waals surface area contributed by atoms with E-state index in [9.17, 15) is 4.79 Å². The Kier molecular flexibility index (Phi) is 31.4. The minimum atomic E-state index is 0.634. The molecule has 0 radical (unpaired) electrons. The predicted molar refractivity (Wildman–Crippen MR) is 78.4 cm³/mol. The van der Waals surface area contributed by atoms with Gasteiger partial charge >= 0.3 is 0 Å². The zero-order valence-corrected chi connectivity index (χ0v) is 12.8. The van der Waals surface area contributed by atoms with Gasteiger partial charge in [-0.1, -0.05) is 60.3 Å². The van der Waals surface area contributed by atoms with Crippen molar-refractivity contribution in [1.29, 1.82) is 0 Å². The van der Waals surface area contributed by atoms with Crippen molar-refractivity contribution >= 4 is 6.41 Å². The van der Waals surface area contributed by atoms with Crippen LogP contribution in [0.2, 0.25) is 0 Å². The highest BCUT2D eigenvalue weighted by Crippen LogP contribution is 1.88. The van der Waals surface area contributed by atoms with Crippen molar-refractivity contribution in [3.8, 4) is 0 Å². The largest absolute Gasteiger partial charge is 0.359 e. The standard InChI is InChI=1S/C5H11NO.C5H12.C4H11N/c1-2-3-4-6-5-7;1-3-5-4-2;1-4(2)5-3/h5H,2-4H2,1H3,(H,6,7);3-5H2,1-2H3;4-5H,1-3H3. The minimum Gasteiger partial charge on any atom is -0.359 e. The van der Waals surface area contributed by atoms with E-state index in [-0.39, 0.29) is 0 Å². The van der Waals surface area contributed by atoms with E-state index in [2.05, 4.69) is 45.3 Å². The lowest BCUT2D eigenvalue weighted by atomic mass is 10.3. The highest BCUT2D eigenvalue weighted by atomic mass is 16.1. The molecule has 0 saturated heterocycles. The maximum absolute atomic E-state index is 9.57. The van der Waals surface area contributed by atoms with E-state index in [0.717, 1.165) is 25.8 Å². The van der Waals surface area contributed by atoms with Crippen LogP contribution in [0.5, 0.6) is 0 Å². The van der Waals surface area contributed by atoms with Crippen molar-refractivity contribution in [2.45, 2.75) is 72.8 Å². The van der Waals surface area contributed by atoms with Gasteiger partial charge in [0.1, 0.15) is 0 Å². The van der Waals surface area contributed by atoms with Gasteiger partial charge < -0.3 is 10.6 Å². The van der Waals surface area contributed by atoms with Crippen LogP contribution in [0, 0.1) is 0 Å². The van der Waals surface area contributed by atoms with Gasteiger partial charge in [0.2, 0.25) is 6.41 Å². The van der Waals surface area contributed by atoms with Crippen LogP contribution in [-0.2, 0) is 4.79 Å². The summed E-state index contributed by atoms with van der Waals surface area (Å²) < 4.78 is 0. The smallest absolute Gasteiger partial charge is 0.207 e. The van der Waals surface area contributed by atoms with Gasteiger partial charge in [0, 0.05) is 12.6 Å². The van der Waals surface area contributed by atoms with Crippen LogP contribution in [0.25, 0.3) is 0 Å². The normalized spacial score (nSPS) is 8.65. The van der Waals surface area contributed by atoms with Crippen molar-refractivity contribution in [2.75, 3.05) is 13.6 Å². The van der Waals surface area contributed by atoms with Crippen LogP contribution >= 0.6 is 0 Å². The van der Waals surface area contributed by atoms with Gasteiger partial charge in [-0.25, -0.2) is 0 Å². The fourth-order valence-corrected chi connectivity index (χ4v) is 0.691. The van der Waals surface area contributed by atoms with Crippen LogP contribution in [-0.4, -0.2) is 26.0 Å². The Morgan fingerprint density at radius 1 is 1.00 bits per heavy atom. The highest BCUT2D eigenvalue weighted by molar-refractivity contribution is 5.45. The summed E-state index contributed by atoms with van der Waals surface area (Å²) >= 11 is 0. The van der Waals surface area contributed by atoms with Gasteiger partial charge in [-0.15, -0.1) is 0 Å². The van der Waals surface area contributed by atoms with Gasteiger partial charge in [0.05, 0.1) is 0 Å². The van der Waals surface area contributed by atoms with E-state index in [1.54, 1.807) is 0 Å². The molecule has 0 aliphatic rings. The topological polar surface area (TPSA) is 41.1 Å². The molecule has 0 aliphatic heterocycles. The molecule has 0 rings (SSSR count). The molecule has 0 aromatic heterocycles. The Bertz CT molecular complexity index is 115. The lowest BCUT2D eigenvalue weighted by Crippen LogP contribution is -2.15. The van der Waals surface area contributed by atoms with Crippen LogP contribution in [0.3, 0.4) is 0 Å². The van der Waals surface area contributed by atoms with Gasteiger partial charge in [0.15, 0.2) is 0 Å². The molecule has 0 aromatic rings. The number of amides is 1. The average molecular weight is 246 g/mol. The lowest BCUT2D eigenvalue weighted by molar-refractivity contribution is -0.109. The molecule has 1 amide bonds. The Morgan fingerprint density at radius 2 is 1.41 bits per heavy atom. The number of carbonyl (C=O) groups excluding carboxylic acids is 1. The second-order valence-electron chi connectivity index (χ2n) is 4.22. The first-order valence-corrected chi connectivity index (χ1v) is 6.94. The summed E-state index contributed by atoms with van der Waals surface area (Å²) in [6, 6.07) is 0.634. The van der Waals surface area contributed by atoms with Crippen molar-refractivity contribution in [1.82, 2.24) is 10.6 Å². The predicted octanol–water partition coefficient (Wildman–Crippen LogP) is 3.34. The van der Waals surface area contributed by atoms with Crippen molar-refractivity contribution in [2.24, 2.45) is 0 Å². The number of hydrogen-bond acceptors (Lipinski definition) is 2. The first kappa shape index (κ1) is 21.7. The highest BCUT2D eigenvalue weighted by Gasteiger charge is 1.77. The summed E-state index contributed by atoms with van der Waals surface area (Å²) in [5, 5.41) is 5.60. The summed E-state index contributed by atoms with van der Waals surface area (Å²) in [7, 11) is 1.95. The van der Waals surface area contributed by atoms with E-state index < -0.39 is 0 Å². The molecular weight excluding hydrogens is 212 g/mol. The zero-order chi connectivity index (χ0) is 13.9. The number of nitrogens with one attached hydrogen (secondary N) is 2. The Morgan fingerprint density at radius 3 is 1.59 bits per heavy atom. The Hall–Kier alpha value is -0.570. The van der Waals surface area contributed by atoms with Gasteiger partial charge in [-0.05, 0) is 13.5 Å². The molecule has 17 heavy (non-hydrogen) atoms. The van der Waals surface area contributed by atoms with Crippen molar-refractivity contribution in [3.63, 3.8) is 0 Å². The molecular formula is C14H34N2O. The van der Waals surface area contributed by atoms with Crippen LogP contribution in [0.4, 0.5) is 0 Å². The molecule has 2 N–H and O–H groups in total. The van der Waals surface area contributed by atoms with Gasteiger partial charge in [0.25, 0.3) is 0 Å². The van der Waals surface area contributed by atoms with E-state index in [0.29, 0.717) is 6.04 Å². The van der Waals surface area contributed by atoms with E-state index in [1.807, 2.05) is 7.05 Å². The summed E-state index contributed by atoms with van der Waals surface area (Å²) in [6.45, 7) is 11.6. The quantitative estimate of drug-likeness (QED) is 0.534. The number of unbranched alkanes of at least 4 members (excludes halogenated alkanes) is 3. The molecule has 0 saturated carbocycles. The van der Waals surface area contributed by atoms with Crippen LogP contribution in [0.15, 0.2) is 0 Å². The third kappa shape index (κ3) is 50.4. The third-order valence-electron chi connectivity index (χ3n) is 2.04. The second-order valence-corrected chi connectivity index (χ2v) is 4.22. The second kappa shape index (κ2) is 24.6. The molecule has 0 spiro atoms. The van der Waals surface area contributed by atoms with Gasteiger partial charge in [-0.3, -0.25) is 4.79 Å². The summed E-state index contributed by atoms with van der Waals surface area (Å²) in [5.74, 6) is 0. The molecule has 0 heterocycles. The fourth-order valence-electron chi connectivity index (χ4n) is 0.691. The maximum atomic E-state index is 9.57. The first-order chi connectivity index (χ1) is 8.10. The molecule has 0 fully saturated rings. The monoisotopic (exact) mass is 246 g/mol. The maximum Gasteiger partial charge on any atom is 0.207 e. The van der Waals surface area contributed by atoms with Crippen LogP contribution in [0.1, 0.15) is 66.7 Å². The average Bonchev–Trinajstić information content (AvgIpc) is 2.32. The third-order valence-corrected chi connectivity index (χ3v) is 2.04. The molecule has 0 atom stereocenters. The molecule has 3 nitrogen and oxygen atoms in total. The molecule has 0 aliphatic carbocycles. The SMILES string of the molecule is CCCCC.CCCCNC=O.CNC(C)C. The zero-order valence-electron chi connectivity index (χ0n) is 12.8. The van der Waals surface area contributed by atoms with Crippen LogP contribution < -0.4 is 10.6 Å². The molecule has 0 bridgehead atoms. The molecule has 3 heteroatoms. The molecule has 0 aromatic carbocycles. The van der Waals surface area contributed by atoms with Crippen molar-refractivity contribution in [3.05, 3.63) is 0 Å². The minimum absolute atomic E-state index is 0.634. The van der Waals surface area contributed by atoms with E-state index >= 15 is 0 Å². The lowest BCUT2D eigenvalue weighted by Gasteiger charge is -1.95. The fraction of sp³-hybridized carbons (Fsp3) is 0.929. The van der Waals surface area contributed by atoms with E-state index in [4.69, 9.17) is 0 Å².